The summed E-state index contributed by atoms with van der Waals surface area (Å²) in [6.07, 6.45) is -2.33. The molecule has 2 heterocycles. The molecule has 1 amide bonds. The Balaban J connectivity index is 0.000000360. The molecule has 0 aliphatic carbocycles. The molecule has 3 unspecified atom stereocenters. The van der Waals surface area contributed by atoms with E-state index in [1.54, 1.807) is 0 Å². The Bertz CT molecular complexity index is 1010. The minimum atomic E-state index is -2.27. The lowest BCUT2D eigenvalue weighted by molar-refractivity contribution is -0.165. The Hall–Kier alpha value is -3.31. The van der Waals surface area contributed by atoms with Crippen molar-refractivity contribution in [2.45, 2.75) is 37.4 Å². The van der Waals surface area contributed by atoms with Gasteiger partial charge in [0, 0.05) is 32.7 Å². The largest absolute Gasteiger partial charge is 0.479 e. The molecular formula is C29H38N2O8. The summed E-state index contributed by atoms with van der Waals surface area (Å²) >= 11 is 0. The number of carbonyl (C=O) groups is 3. The Morgan fingerprint density at radius 2 is 1.23 bits per heavy atom. The Morgan fingerprint density at radius 1 is 0.795 bits per heavy atom. The number of hydrogen-bond acceptors (Lipinski definition) is 7. The van der Waals surface area contributed by atoms with E-state index in [1.807, 2.05) is 12.1 Å². The van der Waals surface area contributed by atoms with Crippen LogP contribution in [-0.4, -0.2) is 106 Å². The van der Waals surface area contributed by atoms with Crippen LogP contribution in [0.2, 0.25) is 0 Å². The number of amides is 1. The van der Waals surface area contributed by atoms with Crippen molar-refractivity contribution in [2.75, 3.05) is 45.9 Å². The zero-order chi connectivity index (χ0) is 28.4. The third-order valence-electron chi connectivity index (χ3n) is 7.37. The number of rotatable bonds is 9. The maximum Gasteiger partial charge on any atom is 0.335 e. The minimum absolute atomic E-state index is 0.137. The highest BCUT2D eigenvalue weighted by Gasteiger charge is 2.49. The fraction of sp³-hybridized carbons (Fsp3) is 0.483. The highest BCUT2D eigenvalue weighted by molar-refractivity contribution is 5.93. The van der Waals surface area contributed by atoms with Gasteiger partial charge in [0.25, 0.3) is 0 Å². The van der Waals surface area contributed by atoms with Crippen molar-refractivity contribution >= 4 is 17.8 Å². The smallest absolute Gasteiger partial charge is 0.335 e. The van der Waals surface area contributed by atoms with E-state index < -0.39 is 29.6 Å². The zero-order valence-corrected chi connectivity index (χ0v) is 22.2. The Labute approximate surface area is 228 Å². The van der Waals surface area contributed by atoms with E-state index >= 15 is 0 Å². The summed E-state index contributed by atoms with van der Waals surface area (Å²) in [6, 6.07) is 20.9. The van der Waals surface area contributed by atoms with Crippen molar-refractivity contribution in [2.24, 2.45) is 5.92 Å². The van der Waals surface area contributed by atoms with Crippen LogP contribution in [0, 0.1) is 5.92 Å². The molecule has 0 saturated carbocycles. The molecule has 39 heavy (non-hydrogen) atoms. The summed E-state index contributed by atoms with van der Waals surface area (Å²) in [7, 11) is 0. The molecule has 10 heteroatoms. The van der Waals surface area contributed by atoms with E-state index in [2.05, 4.69) is 65.3 Å². The highest BCUT2D eigenvalue weighted by Crippen LogP contribution is 2.42. The van der Waals surface area contributed by atoms with Gasteiger partial charge in [0.15, 0.2) is 12.2 Å². The molecular weight excluding hydrogens is 504 g/mol. The maximum absolute atomic E-state index is 14.2. The zero-order valence-electron chi connectivity index (χ0n) is 22.2. The first kappa shape index (κ1) is 30.2. The average Bonchev–Trinajstić information content (AvgIpc) is 3.50. The van der Waals surface area contributed by atoms with Gasteiger partial charge < -0.3 is 30.1 Å². The summed E-state index contributed by atoms with van der Waals surface area (Å²) in [4.78, 5) is 38.3. The van der Waals surface area contributed by atoms with Gasteiger partial charge in [-0.3, -0.25) is 9.69 Å². The molecule has 2 aromatic carbocycles. The molecule has 10 nitrogen and oxygen atoms in total. The van der Waals surface area contributed by atoms with Crippen molar-refractivity contribution in [3.8, 4) is 0 Å². The number of benzene rings is 2. The van der Waals surface area contributed by atoms with Gasteiger partial charge in [-0.2, -0.15) is 0 Å². The van der Waals surface area contributed by atoms with Crippen molar-refractivity contribution in [1.82, 2.24) is 9.80 Å². The van der Waals surface area contributed by atoms with Crippen molar-refractivity contribution in [3.05, 3.63) is 71.8 Å². The molecule has 4 N–H and O–H groups in total. The second-order valence-corrected chi connectivity index (χ2v) is 9.92. The third kappa shape index (κ3) is 7.21. The fourth-order valence-corrected chi connectivity index (χ4v) is 5.34. The molecule has 2 aliphatic rings. The quantitative estimate of drug-likeness (QED) is 0.369. The lowest BCUT2D eigenvalue weighted by Crippen LogP contribution is -2.54. The standard InChI is InChI=1S/C25H32N2O2.C4H6O6/c1-21(20-26-16-18-29-19-17-26)25(22-10-4-2-5-11-22,23-12-6-3-7-13-23)24(28)27-14-8-9-15-27;5-1(3(7)8)2(6)4(9)10/h2-7,10-13,21H,8-9,14-20H2,1H3;1-2,5-6H,(H,7,8)(H,9,10). The summed E-state index contributed by atoms with van der Waals surface area (Å²) in [6.45, 7) is 8.28. The first-order valence-corrected chi connectivity index (χ1v) is 13.2. The second-order valence-electron chi connectivity index (χ2n) is 9.92. The lowest BCUT2D eigenvalue weighted by atomic mass is 9.65. The summed E-state index contributed by atoms with van der Waals surface area (Å²) in [5.74, 6) is -3.14. The first-order chi connectivity index (χ1) is 18.7. The monoisotopic (exact) mass is 542 g/mol. The van der Waals surface area contributed by atoms with Crippen LogP contribution in [0.1, 0.15) is 30.9 Å². The number of aliphatic carboxylic acids is 2. The number of hydrogen-bond donors (Lipinski definition) is 4. The molecule has 0 spiro atoms. The van der Waals surface area contributed by atoms with Gasteiger partial charge in [-0.25, -0.2) is 9.59 Å². The third-order valence-corrected chi connectivity index (χ3v) is 7.37. The lowest BCUT2D eigenvalue weighted by Gasteiger charge is -2.43. The number of nitrogens with zero attached hydrogens (tertiary/aromatic N) is 2. The van der Waals surface area contributed by atoms with Crippen LogP contribution >= 0.6 is 0 Å². The molecule has 212 valence electrons. The van der Waals surface area contributed by atoms with E-state index in [-0.39, 0.29) is 11.8 Å². The number of morpholine rings is 1. The van der Waals surface area contributed by atoms with Gasteiger partial charge in [0.2, 0.25) is 5.91 Å². The number of aliphatic hydroxyl groups excluding tert-OH is 2. The summed E-state index contributed by atoms with van der Waals surface area (Å²) < 4.78 is 5.55. The Morgan fingerprint density at radius 3 is 1.64 bits per heavy atom. The van der Waals surface area contributed by atoms with Gasteiger partial charge in [0.05, 0.1) is 13.2 Å². The van der Waals surface area contributed by atoms with Crippen LogP contribution in [-0.2, 0) is 24.5 Å². The average molecular weight is 543 g/mol. The van der Waals surface area contributed by atoms with Crippen LogP contribution in [0.5, 0.6) is 0 Å². The highest BCUT2D eigenvalue weighted by atomic mass is 16.5. The van der Waals surface area contributed by atoms with Crippen LogP contribution in [0.3, 0.4) is 0 Å². The number of carboxylic acids is 2. The van der Waals surface area contributed by atoms with Gasteiger partial charge in [-0.1, -0.05) is 67.6 Å². The molecule has 4 rings (SSSR count). The van der Waals surface area contributed by atoms with Gasteiger partial charge in [-0.15, -0.1) is 0 Å². The first-order valence-electron chi connectivity index (χ1n) is 13.2. The molecule has 2 aromatic rings. The minimum Gasteiger partial charge on any atom is -0.479 e. The fourth-order valence-electron chi connectivity index (χ4n) is 5.34. The van der Waals surface area contributed by atoms with Crippen molar-refractivity contribution < 1.29 is 39.5 Å². The second kappa shape index (κ2) is 14.2. The van der Waals surface area contributed by atoms with Crippen molar-refractivity contribution in [1.29, 1.82) is 0 Å². The molecule has 2 fully saturated rings. The summed E-state index contributed by atoms with van der Waals surface area (Å²) in [5, 5.41) is 32.5. The van der Waals surface area contributed by atoms with E-state index in [4.69, 9.17) is 25.2 Å². The molecule has 3 atom stereocenters. The van der Waals surface area contributed by atoms with E-state index in [1.165, 1.54) is 0 Å². The van der Waals surface area contributed by atoms with E-state index in [9.17, 15) is 14.4 Å². The predicted molar refractivity (Wildman–Crippen MR) is 143 cm³/mol. The van der Waals surface area contributed by atoms with E-state index in [0.29, 0.717) is 0 Å². The Kier molecular flexibility index (Phi) is 11.0. The van der Waals surface area contributed by atoms with Crippen molar-refractivity contribution in [3.63, 3.8) is 0 Å². The molecule has 0 radical (unpaired) electrons. The number of likely N-dealkylation sites (tertiary alicyclic amines) is 1. The molecule has 0 bridgehead atoms. The maximum atomic E-state index is 14.2. The molecule has 2 saturated heterocycles. The number of aliphatic hydroxyl groups is 2. The number of ether oxygens (including phenoxy) is 1. The van der Waals surface area contributed by atoms with Crippen LogP contribution in [0.25, 0.3) is 0 Å². The summed E-state index contributed by atoms with van der Waals surface area (Å²) in [5.41, 5.74) is 1.53. The predicted octanol–water partition coefficient (Wildman–Crippen LogP) is 1.44. The van der Waals surface area contributed by atoms with Crippen LogP contribution in [0.15, 0.2) is 60.7 Å². The normalized spacial score (nSPS) is 18.4. The van der Waals surface area contributed by atoms with Gasteiger partial charge in [-0.05, 0) is 29.9 Å². The number of carboxylic acid groups (broad SMARTS) is 2. The van der Waals surface area contributed by atoms with Gasteiger partial charge >= 0.3 is 11.9 Å². The van der Waals surface area contributed by atoms with Gasteiger partial charge in [0.1, 0.15) is 5.41 Å². The van der Waals surface area contributed by atoms with Crippen LogP contribution < -0.4 is 0 Å². The SMILES string of the molecule is CC(CN1CCOCC1)C(C(=O)N1CCCC1)(c1ccccc1)c1ccccc1.O=C(O)C(O)C(O)C(=O)O. The molecule has 0 aromatic heterocycles. The molecule has 2 aliphatic heterocycles. The van der Waals surface area contributed by atoms with Crippen LogP contribution in [0.4, 0.5) is 0 Å². The topological polar surface area (TPSA) is 148 Å². The van der Waals surface area contributed by atoms with E-state index in [0.717, 1.165) is 69.9 Å². The number of carbonyl (C=O) groups excluding carboxylic acids is 1.